The van der Waals surface area contributed by atoms with Crippen molar-refractivity contribution in [1.82, 2.24) is 13.8 Å². The van der Waals surface area contributed by atoms with E-state index in [1.165, 1.54) is 10.7 Å². The van der Waals surface area contributed by atoms with Gasteiger partial charge in [0.15, 0.2) is 0 Å². The molecule has 0 radical (unpaired) electrons. The van der Waals surface area contributed by atoms with Crippen LogP contribution in [0.2, 0.25) is 0 Å². The van der Waals surface area contributed by atoms with Gasteiger partial charge in [-0.2, -0.15) is 0 Å². The second-order valence-electron chi connectivity index (χ2n) is 5.90. The summed E-state index contributed by atoms with van der Waals surface area (Å²) in [6, 6.07) is 9.13. The molecule has 2 heterocycles. The normalized spacial score (nSPS) is 11.5. The van der Waals surface area contributed by atoms with Crippen molar-refractivity contribution in [2.75, 3.05) is 0 Å². The van der Waals surface area contributed by atoms with Crippen molar-refractivity contribution in [2.24, 2.45) is 0 Å². The second kappa shape index (κ2) is 5.02. The molecule has 2 aromatic heterocycles. The van der Waals surface area contributed by atoms with Crippen molar-refractivity contribution in [3.8, 4) is 5.69 Å². The zero-order valence-corrected chi connectivity index (χ0v) is 13.2. The monoisotopic (exact) mass is 297 g/mol. The Bertz CT molecular complexity index is 956. The predicted octanol–water partition coefficient (Wildman–Crippen LogP) is 2.45. The summed E-state index contributed by atoms with van der Waals surface area (Å²) in [5, 5.41) is 0. The molecule has 0 amide bonds. The van der Waals surface area contributed by atoms with Gasteiger partial charge in [-0.3, -0.25) is 9.59 Å². The van der Waals surface area contributed by atoms with Crippen LogP contribution in [-0.2, 0) is 0 Å². The lowest BCUT2D eigenvalue weighted by Gasteiger charge is -2.14. The predicted molar refractivity (Wildman–Crippen MR) is 87.1 cm³/mol. The fourth-order valence-electron chi connectivity index (χ4n) is 2.70. The first-order chi connectivity index (χ1) is 10.4. The van der Waals surface area contributed by atoms with Gasteiger partial charge in [0.25, 0.3) is 11.1 Å². The molecule has 5 nitrogen and oxygen atoms in total. The van der Waals surface area contributed by atoms with Gasteiger partial charge in [-0.05, 0) is 39.8 Å². The van der Waals surface area contributed by atoms with Gasteiger partial charge in [0, 0.05) is 18.3 Å². The molecule has 1 aromatic carbocycles. The fraction of sp³-hybridized carbons (Fsp3) is 0.294. The van der Waals surface area contributed by atoms with Gasteiger partial charge in [0.05, 0.1) is 11.4 Å². The lowest BCUT2D eigenvalue weighted by molar-refractivity contribution is 0.566. The molecule has 0 saturated heterocycles. The average Bonchev–Trinajstić information content (AvgIpc) is 2.82. The molecule has 0 saturated carbocycles. The Hall–Kier alpha value is -2.56. The van der Waals surface area contributed by atoms with Crippen LogP contribution in [0.25, 0.3) is 11.2 Å². The van der Waals surface area contributed by atoms with Gasteiger partial charge in [-0.1, -0.05) is 17.7 Å². The molecule has 3 rings (SSSR count). The van der Waals surface area contributed by atoms with Crippen LogP contribution in [0.1, 0.15) is 31.1 Å². The summed E-state index contributed by atoms with van der Waals surface area (Å²) in [6.45, 7) is 7.80. The highest BCUT2D eigenvalue weighted by atomic mass is 16.1. The average molecular weight is 297 g/mol. The number of rotatable bonds is 2. The Labute approximate surface area is 128 Å². The molecule has 0 aliphatic rings. The van der Waals surface area contributed by atoms with E-state index in [2.05, 4.69) is 0 Å². The highest BCUT2D eigenvalue weighted by Crippen LogP contribution is 2.12. The first-order valence-electron chi connectivity index (χ1n) is 7.33. The number of hydrogen-bond donors (Lipinski definition) is 0. The number of fused-ring (bicyclic) bond motifs is 1. The van der Waals surface area contributed by atoms with Crippen LogP contribution >= 0.6 is 0 Å². The molecule has 22 heavy (non-hydrogen) atoms. The molecular weight excluding hydrogens is 278 g/mol. The van der Waals surface area contributed by atoms with Crippen LogP contribution < -0.4 is 11.1 Å². The van der Waals surface area contributed by atoms with E-state index in [1.54, 1.807) is 15.3 Å². The summed E-state index contributed by atoms with van der Waals surface area (Å²) in [5.74, 6) is 0. The lowest BCUT2D eigenvalue weighted by Crippen LogP contribution is -2.26. The molecule has 0 N–H and O–H groups in total. The van der Waals surface area contributed by atoms with E-state index >= 15 is 0 Å². The Morgan fingerprint density at radius 3 is 2.23 bits per heavy atom. The highest BCUT2D eigenvalue weighted by Gasteiger charge is 2.15. The third-order valence-corrected chi connectivity index (χ3v) is 3.85. The standard InChI is InChI=1S/C17H19N3O2/c1-11(2)18-10-13(4)19-15(17(18)22)9-16(21)20(19)14-7-5-12(3)6-8-14/h5-11H,1-4H3. The number of benzene rings is 1. The molecular formula is C17H19N3O2. The first kappa shape index (κ1) is 14.4. The van der Waals surface area contributed by atoms with Crippen LogP contribution in [-0.4, -0.2) is 13.8 Å². The van der Waals surface area contributed by atoms with Gasteiger partial charge < -0.3 is 4.57 Å². The number of nitrogens with zero attached hydrogens (tertiary/aromatic N) is 3. The third kappa shape index (κ3) is 2.09. The maximum Gasteiger partial charge on any atom is 0.276 e. The van der Waals surface area contributed by atoms with E-state index in [-0.39, 0.29) is 17.2 Å². The SMILES string of the molecule is Cc1ccc(-n2c(=O)cc3c(=O)n(C(C)C)cc(C)n32)cc1. The van der Waals surface area contributed by atoms with Crippen LogP contribution in [0.3, 0.4) is 0 Å². The molecule has 0 fully saturated rings. The van der Waals surface area contributed by atoms with E-state index in [9.17, 15) is 9.59 Å². The summed E-state index contributed by atoms with van der Waals surface area (Å²) in [4.78, 5) is 25.0. The second-order valence-corrected chi connectivity index (χ2v) is 5.90. The quantitative estimate of drug-likeness (QED) is 0.729. The Kier molecular flexibility index (Phi) is 3.28. The summed E-state index contributed by atoms with van der Waals surface area (Å²) < 4.78 is 4.88. The van der Waals surface area contributed by atoms with Gasteiger partial charge in [-0.25, -0.2) is 9.20 Å². The number of aromatic nitrogens is 3. The van der Waals surface area contributed by atoms with Crippen molar-refractivity contribution in [1.29, 1.82) is 0 Å². The minimum absolute atomic E-state index is 0.0500. The Morgan fingerprint density at radius 2 is 1.64 bits per heavy atom. The van der Waals surface area contributed by atoms with Gasteiger partial charge in [0.1, 0.15) is 5.52 Å². The minimum atomic E-state index is -0.203. The Balaban J connectivity index is 2.41. The van der Waals surface area contributed by atoms with Crippen LogP contribution in [0, 0.1) is 13.8 Å². The van der Waals surface area contributed by atoms with Gasteiger partial charge in [-0.15, -0.1) is 0 Å². The minimum Gasteiger partial charge on any atom is -0.309 e. The largest absolute Gasteiger partial charge is 0.309 e. The summed E-state index contributed by atoms with van der Waals surface area (Å²) in [5.41, 5.74) is 2.76. The number of hydrogen-bond acceptors (Lipinski definition) is 2. The van der Waals surface area contributed by atoms with Crippen LogP contribution in [0.15, 0.2) is 46.1 Å². The van der Waals surface area contributed by atoms with E-state index in [4.69, 9.17) is 0 Å². The summed E-state index contributed by atoms with van der Waals surface area (Å²) in [6.07, 6.45) is 1.80. The maximum absolute atomic E-state index is 12.6. The molecule has 3 aromatic rings. The lowest BCUT2D eigenvalue weighted by atomic mass is 10.2. The molecule has 0 spiro atoms. The third-order valence-electron chi connectivity index (χ3n) is 3.85. The summed E-state index contributed by atoms with van der Waals surface area (Å²) in [7, 11) is 0. The van der Waals surface area contributed by atoms with Crippen molar-refractivity contribution < 1.29 is 0 Å². The van der Waals surface area contributed by atoms with E-state index < -0.39 is 0 Å². The van der Waals surface area contributed by atoms with Gasteiger partial charge in [0.2, 0.25) is 0 Å². The molecule has 0 unspecified atom stereocenters. The molecule has 5 heteroatoms. The summed E-state index contributed by atoms with van der Waals surface area (Å²) >= 11 is 0. The van der Waals surface area contributed by atoms with Crippen molar-refractivity contribution in [3.05, 3.63) is 68.5 Å². The van der Waals surface area contributed by atoms with Gasteiger partial charge >= 0.3 is 0 Å². The Morgan fingerprint density at radius 1 is 1.00 bits per heavy atom. The smallest absolute Gasteiger partial charge is 0.276 e. The topological polar surface area (TPSA) is 48.4 Å². The molecule has 0 atom stereocenters. The van der Waals surface area contributed by atoms with Crippen molar-refractivity contribution >= 4 is 5.52 Å². The van der Waals surface area contributed by atoms with Crippen molar-refractivity contribution in [3.63, 3.8) is 0 Å². The van der Waals surface area contributed by atoms with E-state index in [0.717, 1.165) is 16.9 Å². The van der Waals surface area contributed by atoms with Crippen LogP contribution in [0.4, 0.5) is 0 Å². The number of aryl methyl sites for hydroxylation is 2. The first-order valence-corrected chi connectivity index (χ1v) is 7.33. The zero-order valence-electron chi connectivity index (χ0n) is 13.2. The van der Waals surface area contributed by atoms with E-state index in [1.807, 2.05) is 52.0 Å². The maximum atomic E-state index is 12.6. The fourth-order valence-corrected chi connectivity index (χ4v) is 2.70. The van der Waals surface area contributed by atoms with Crippen molar-refractivity contribution in [2.45, 2.75) is 33.7 Å². The molecule has 0 aliphatic carbocycles. The molecule has 114 valence electrons. The molecule has 0 aliphatic heterocycles. The zero-order chi connectivity index (χ0) is 16.0. The molecule has 0 bridgehead atoms. The van der Waals surface area contributed by atoms with E-state index in [0.29, 0.717) is 5.52 Å². The highest BCUT2D eigenvalue weighted by molar-refractivity contribution is 5.47. The van der Waals surface area contributed by atoms with Crippen LogP contribution in [0.5, 0.6) is 0 Å².